The third kappa shape index (κ3) is 3.60. The molecule has 3 aromatic rings. The fourth-order valence-corrected chi connectivity index (χ4v) is 4.22. The van der Waals surface area contributed by atoms with Crippen LogP contribution in [0.1, 0.15) is 24.2 Å². The average Bonchev–Trinajstić information content (AvgIpc) is 2.68. The van der Waals surface area contributed by atoms with Gasteiger partial charge in [-0.1, -0.05) is 0 Å². The summed E-state index contributed by atoms with van der Waals surface area (Å²) in [5.74, 6) is -5.84. The van der Waals surface area contributed by atoms with E-state index in [0.29, 0.717) is 6.07 Å². The average molecular weight is 449 g/mol. The number of hydrogen-bond acceptors (Lipinski definition) is 4. The zero-order chi connectivity index (χ0) is 23.3. The van der Waals surface area contributed by atoms with Crippen LogP contribution in [-0.2, 0) is 0 Å². The van der Waals surface area contributed by atoms with Crippen molar-refractivity contribution in [3.8, 4) is 5.69 Å². The van der Waals surface area contributed by atoms with Crippen molar-refractivity contribution in [2.45, 2.75) is 25.9 Å². The highest BCUT2D eigenvalue weighted by Gasteiger charge is 2.29. The molecule has 32 heavy (non-hydrogen) atoms. The molecule has 0 bridgehead atoms. The molecule has 0 amide bonds. The number of carboxylic acid groups (broad SMARTS) is 1. The van der Waals surface area contributed by atoms with Gasteiger partial charge < -0.3 is 19.9 Å². The van der Waals surface area contributed by atoms with Gasteiger partial charge in [0.2, 0.25) is 5.43 Å². The van der Waals surface area contributed by atoms with E-state index in [0.717, 1.165) is 29.0 Å². The van der Waals surface area contributed by atoms with Crippen LogP contribution in [-0.4, -0.2) is 40.8 Å². The Morgan fingerprint density at radius 2 is 1.72 bits per heavy atom. The summed E-state index contributed by atoms with van der Waals surface area (Å²) in [5.41, 5.74) is -3.22. The number of nitrogens with one attached hydrogen (secondary N) is 1. The van der Waals surface area contributed by atoms with Crippen LogP contribution >= 0.6 is 0 Å². The highest BCUT2D eigenvalue weighted by molar-refractivity contribution is 5.94. The molecule has 2 atom stereocenters. The number of fused-ring (bicyclic) bond motifs is 1. The number of pyridine rings is 1. The first-order chi connectivity index (χ1) is 15.1. The van der Waals surface area contributed by atoms with Gasteiger partial charge in [0.1, 0.15) is 28.7 Å². The summed E-state index contributed by atoms with van der Waals surface area (Å²) in [6, 6.07) is 3.03. The summed E-state index contributed by atoms with van der Waals surface area (Å²) >= 11 is 0. The zero-order valence-corrected chi connectivity index (χ0v) is 17.1. The Labute approximate surface area is 179 Å². The molecule has 0 spiro atoms. The minimum Gasteiger partial charge on any atom is -0.477 e. The fraction of sp³-hybridized carbons (Fsp3) is 0.273. The minimum absolute atomic E-state index is 0.0839. The highest BCUT2D eigenvalue weighted by Crippen LogP contribution is 2.33. The molecule has 168 valence electrons. The lowest BCUT2D eigenvalue weighted by Gasteiger charge is -2.38. The van der Waals surface area contributed by atoms with Crippen LogP contribution in [0.15, 0.2) is 35.3 Å². The second kappa shape index (κ2) is 7.94. The molecule has 2 N–H and O–H groups in total. The lowest BCUT2D eigenvalue weighted by atomic mass is 10.1. The fourth-order valence-electron chi connectivity index (χ4n) is 4.22. The number of piperazine rings is 1. The second-order valence-corrected chi connectivity index (χ2v) is 7.93. The first kappa shape index (κ1) is 21.8. The van der Waals surface area contributed by atoms with Gasteiger partial charge in [0.25, 0.3) is 0 Å². The van der Waals surface area contributed by atoms with E-state index in [4.69, 9.17) is 0 Å². The van der Waals surface area contributed by atoms with Crippen molar-refractivity contribution >= 4 is 22.6 Å². The predicted molar refractivity (Wildman–Crippen MR) is 111 cm³/mol. The minimum atomic E-state index is -1.65. The maximum atomic E-state index is 15.8. The smallest absolute Gasteiger partial charge is 0.341 e. The molecule has 1 aliphatic heterocycles. The molecular formula is C22H19F4N3O3. The van der Waals surface area contributed by atoms with E-state index in [9.17, 15) is 23.5 Å². The van der Waals surface area contributed by atoms with Gasteiger partial charge in [-0.3, -0.25) is 4.79 Å². The van der Waals surface area contributed by atoms with Gasteiger partial charge in [-0.15, -0.1) is 0 Å². The van der Waals surface area contributed by atoms with Crippen LogP contribution in [0.25, 0.3) is 16.6 Å². The van der Waals surface area contributed by atoms with E-state index in [1.54, 1.807) is 0 Å². The predicted octanol–water partition coefficient (Wildman–Crippen LogP) is 3.43. The number of halogens is 4. The van der Waals surface area contributed by atoms with E-state index >= 15 is 8.78 Å². The molecule has 1 fully saturated rings. The van der Waals surface area contributed by atoms with Gasteiger partial charge in [-0.25, -0.2) is 22.4 Å². The number of aromatic nitrogens is 1. The first-order valence-corrected chi connectivity index (χ1v) is 9.85. The monoisotopic (exact) mass is 449 g/mol. The molecule has 1 aromatic heterocycles. The van der Waals surface area contributed by atoms with Crippen molar-refractivity contribution in [2.75, 3.05) is 18.0 Å². The van der Waals surface area contributed by atoms with Crippen molar-refractivity contribution < 1.29 is 27.5 Å². The van der Waals surface area contributed by atoms with Crippen molar-refractivity contribution in [3.63, 3.8) is 0 Å². The molecule has 2 unspecified atom stereocenters. The topological polar surface area (TPSA) is 74.6 Å². The van der Waals surface area contributed by atoms with Crippen molar-refractivity contribution in [2.24, 2.45) is 0 Å². The maximum absolute atomic E-state index is 15.8. The SMILES string of the molecule is CC1CN(c2c(F)cc3c(=O)c(C(=O)O)cn(-c4ccc(F)cc4F)c3c2F)CC(C)N1. The Morgan fingerprint density at radius 3 is 2.31 bits per heavy atom. The van der Waals surface area contributed by atoms with Gasteiger partial charge in [-0.05, 0) is 32.0 Å². The Balaban J connectivity index is 2.09. The molecule has 6 nitrogen and oxygen atoms in total. The summed E-state index contributed by atoms with van der Waals surface area (Å²) in [5, 5.41) is 12.1. The van der Waals surface area contributed by atoms with Crippen LogP contribution in [0.4, 0.5) is 23.2 Å². The second-order valence-electron chi connectivity index (χ2n) is 7.93. The number of rotatable bonds is 3. The molecule has 10 heteroatoms. The van der Waals surface area contributed by atoms with Crippen LogP contribution in [0.3, 0.4) is 0 Å². The molecule has 0 saturated carbocycles. The van der Waals surface area contributed by atoms with Crippen molar-refractivity contribution in [3.05, 3.63) is 69.5 Å². The molecule has 4 rings (SSSR count). The lowest BCUT2D eigenvalue weighted by Crippen LogP contribution is -2.54. The largest absolute Gasteiger partial charge is 0.477 e. The Bertz CT molecular complexity index is 1300. The Morgan fingerprint density at radius 1 is 1.06 bits per heavy atom. The molecule has 0 aliphatic carbocycles. The molecule has 1 saturated heterocycles. The maximum Gasteiger partial charge on any atom is 0.341 e. The number of benzene rings is 2. The van der Waals surface area contributed by atoms with Crippen LogP contribution in [0.5, 0.6) is 0 Å². The molecular weight excluding hydrogens is 430 g/mol. The van der Waals surface area contributed by atoms with Crippen LogP contribution in [0, 0.1) is 23.3 Å². The normalized spacial score (nSPS) is 18.9. The number of hydrogen-bond donors (Lipinski definition) is 2. The zero-order valence-electron chi connectivity index (χ0n) is 17.1. The van der Waals surface area contributed by atoms with E-state index in [1.165, 1.54) is 4.90 Å². The lowest BCUT2D eigenvalue weighted by molar-refractivity contribution is 0.0695. The number of anilines is 1. The third-order valence-corrected chi connectivity index (χ3v) is 5.43. The number of nitrogens with zero attached hydrogens (tertiary/aromatic N) is 2. The molecule has 2 aromatic carbocycles. The number of carboxylic acids is 1. The first-order valence-electron chi connectivity index (χ1n) is 9.85. The number of carbonyl (C=O) groups is 1. The van der Waals surface area contributed by atoms with Gasteiger partial charge in [0.15, 0.2) is 5.82 Å². The number of aromatic carboxylic acids is 1. The summed E-state index contributed by atoms with van der Waals surface area (Å²) in [4.78, 5) is 25.7. The summed E-state index contributed by atoms with van der Waals surface area (Å²) in [6.07, 6.45) is 0.761. The van der Waals surface area contributed by atoms with Crippen LogP contribution < -0.4 is 15.6 Å². The molecule has 1 aliphatic rings. The van der Waals surface area contributed by atoms with Gasteiger partial charge in [0, 0.05) is 37.4 Å². The van der Waals surface area contributed by atoms with Crippen molar-refractivity contribution in [1.29, 1.82) is 0 Å². The summed E-state index contributed by atoms with van der Waals surface area (Å²) < 4.78 is 59.7. The molecule has 0 radical (unpaired) electrons. The van der Waals surface area contributed by atoms with Crippen LogP contribution in [0.2, 0.25) is 0 Å². The Hall–Kier alpha value is -3.40. The summed E-state index contributed by atoms with van der Waals surface area (Å²) in [6.45, 7) is 4.24. The summed E-state index contributed by atoms with van der Waals surface area (Å²) in [7, 11) is 0. The van der Waals surface area contributed by atoms with E-state index in [2.05, 4.69) is 5.32 Å². The van der Waals surface area contributed by atoms with Gasteiger partial charge >= 0.3 is 5.97 Å². The quantitative estimate of drug-likeness (QED) is 0.600. The highest BCUT2D eigenvalue weighted by atomic mass is 19.1. The van der Waals surface area contributed by atoms with Gasteiger partial charge in [-0.2, -0.15) is 0 Å². The van der Waals surface area contributed by atoms with E-state index in [-0.39, 0.29) is 25.2 Å². The Kier molecular flexibility index (Phi) is 5.41. The van der Waals surface area contributed by atoms with E-state index < -0.39 is 62.5 Å². The third-order valence-electron chi connectivity index (χ3n) is 5.43. The standard InChI is InChI=1S/C22H19F4N3O3/c1-10-7-28(8-11(2)27-10)20-16(25)6-13-19(18(20)26)29(9-14(21(13)30)22(31)32)17-4-3-12(23)5-15(17)24/h3-6,9-11,27H,7-8H2,1-2H3,(H,31,32). The molecule has 2 heterocycles. The van der Waals surface area contributed by atoms with Gasteiger partial charge in [0.05, 0.1) is 16.6 Å². The van der Waals surface area contributed by atoms with Crippen molar-refractivity contribution in [1.82, 2.24) is 9.88 Å². The van der Waals surface area contributed by atoms with E-state index in [1.807, 2.05) is 13.8 Å².